The van der Waals surface area contributed by atoms with Crippen molar-refractivity contribution in [2.75, 3.05) is 0 Å². The number of aliphatic hydroxyl groups excluding tert-OH is 1. The lowest BCUT2D eigenvalue weighted by Crippen LogP contribution is -1.97. The third-order valence-corrected chi connectivity index (χ3v) is 3.70. The van der Waals surface area contributed by atoms with Crippen LogP contribution in [0.3, 0.4) is 0 Å². The van der Waals surface area contributed by atoms with Crippen LogP contribution < -0.4 is 0 Å². The average molecular weight is 296 g/mol. The molecule has 2 aromatic carbocycles. The molecule has 0 unspecified atom stereocenters. The minimum absolute atomic E-state index is 0.309. The first-order valence-electron chi connectivity index (χ1n) is 7.12. The van der Waals surface area contributed by atoms with E-state index in [-0.39, 0.29) is 6.61 Å². The number of H-pyrrole nitrogens is 1. The van der Waals surface area contributed by atoms with E-state index in [4.69, 9.17) is 0 Å². The number of aliphatic hydroxyl groups is 1. The Balaban J connectivity index is 2.20. The van der Waals surface area contributed by atoms with Crippen molar-refractivity contribution in [1.29, 1.82) is 0 Å². The third-order valence-electron chi connectivity index (χ3n) is 3.70. The summed E-state index contributed by atoms with van der Waals surface area (Å²) in [4.78, 5) is 7.54. The topological polar surface area (TPSA) is 48.9 Å². The summed E-state index contributed by atoms with van der Waals surface area (Å²) in [6.07, 6.45) is 2.32. The molecule has 0 aliphatic carbocycles. The molecule has 0 saturated carbocycles. The molecule has 0 aliphatic rings. The van der Waals surface area contributed by atoms with Gasteiger partial charge >= 0.3 is 0 Å². The molecular formula is C18H17FN2O. The van der Waals surface area contributed by atoms with Crippen LogP contribution in [0.5, 0.6) is 0 Å². The summed E-state index contributed by atoms with van der Waals surface area (Å²) in [5.41, 5.74) is 4.46. The Morgan fingerprint density at radius 3 is 2.86 bits per heavy atom. The predicted molar refractivity (Wildman–Crippen MR) is 86.0 cm³/mol. The molecule has 3 nitrogen and oxygen atoms in total. The lowest BCUT2D eigenvalue weighted by atomic mass is 9.95. The van der Waals surface area contributed by atoms with E-state index < -0.39 is 5.82 Å². The van der Waals surface area contributed by atoms with Crippen LogP contribution in [0.2, 0.25) is 0 Å². The molecule has 0 spiro atoms. The van der Waals surface area contributed by atoms with Gasteiger partial charge < -0.3 is 10.1 Å². The summed E-state index contributed by atoms with van der Waals surface area (Å²) in [7, 11) is 0. The number of aryl methyl sites for hydroxylation is 1. The monoisotopic (exact) mass is 296 g/mol. The molecule has 1 aromatic heterocycles. The van der Waals surface area contributed by atoms with Gasteiger partial charge in [-0.2, -0.15) is 0 Å². The Kier molecular flexibility index (Phi) is 3.77. The van der Waals surface area contributed by atoms with Gasteiger partial charge in [-0.15, -0.1) is 6.58 Å². The molecule has 3 aromatic rings. The molecule has 3 rings (SSSR count). The zero-order chi connectivity index (χ0) is 15.7. The first-order valence-corrected chi connectivity index (χ1v) is 7.12. The highest BCUT2D eigenvalue weighted by atomic mass is 19.1. The number of hydrogen-bond acceptors (Lipinski definition) is 2. The van der Waals surface area contributed by atoms with Gasteiger partial charge in [-0.05, 0) is 48.2 Å². The summed E-state index contributed by atoms with van der Waals surface area (Å²) >= 11 is 0. The Morgan fingerprint density at radius 1 is 1.32 bits per heavy atom. The van der Waals surface area contributed by atoms with Crippen LogP contribution in [-0.4, -0.2) is 15.1 Å². The van der Waals surface area contributed by atoms with Crippen molar-refractivity contribution in [1.82, 2.24) is 9.97 Å². The van der Waals surface area contributed by atoms with Crippen molar-refractivity contribution < 1.29 is 9.50 Å². The normalized spacial score (nSPS) is 11.0. The molecule has 0 amide bonds. The number of rotatable bonds is 4. The first kappa shape index (κ1) is 14.5. The molecule has 0 saturated heterocycles. The van der Waals surface area contributed by atoms with E-state index in [1.807, 2.05) is 31.2 Å². The van der Waals surface area contributed by atoms with Crippen molar-refractivity contribution in [2.45, 2.75) is 20.0 Å². The van der Waals surface area contributed by atoms with Crippen molar-refractivity contribution in [3.63, 3.8) is 0 Å². The predicted octanol–water partition coefficient (Wildman–Crippen LogP) is 3.90. The molecule has 0 radical (unpaired) electrons. The van der Waals surface area contributed by atoms with E-state index in [1.165, 1.54) is 6.07 Å². The Labute approximate surface area is 128 Å². The highest BCUT2D eigenvalue weighted by Gasteiger charge is 2.13. The van der Waals surface area contributed by atoms with Crippen LogP contribution in [0.1, 0.15) is 17.0 Å². The first-order chi connectivity index (χ1) is 10.6. The number of benzene rings is 2. The lowest BCUT2D eigenvalue weighted by Gasteiger charge is -2.11. The molecule has 22 heavy (non-hydrogen) atoms. The summed E-state index contributed by atoms with van der Waals surface area (Å²) in [6, 6.07) is 9.08. The van der Waals surface area contributed by atoms with Gasteiger partial charge in [0, 0.05) is 5.56 Å². The van der Waals surface area contributed by atoms with E-state index in [9.17, 15) is 9.50 Å². The Bertz CT molecular complexity index is 852. The number of aromatic amines is 1. The largest absolute Gasteiger partial charge is 0.392 e. The second kappa shape index (κ2) is 5.73. The van der Waals surface area contributed by atoms with Crippen molar-refractivity contribution in [2.24, 2.45) is 0 Å². The maximum absolute atomic E-state index is 14.2. The number of allylic oxidation sites excluding steroid dienone is 1. The van der Waals surface area contributed by atoms with Gasteiger partial charge in [-0.1, -0.05) is 18.2 Å². The van der Waals surface area contributed by atoms with Crippen molar-refractivity contribution in [3.05, 3.63) is 65.8 Å². The second-order valence-corrected chi connectivity index (χ2v) is 5.31. The maximum Gasteiger partial charge on any atom is 0.129 e. The van der Waals surface area contributed by atoms with Crippen molar-refractivity contribution in [3.8, 4) is 11.1 Å². The lowest BCUT2D eigenvalue weighted by molar-refractivity contribution is 0.276. The number of aromatic nitrogens is 2. The summed E-state index contributed by atoms with van der Waals surface area (Å²) in [5.74, 6) is 0.443. The Hall–Kier alpha value is -2.46. The molecule has 0 atom stereocenters. The van der Waals surface area contributed by atoms with Gasteiger partial charge in [0.15, 0.2) is 0 Å². The maximum atomic E-state index is 14.2. The van der Waals surface area contributed by atoms with Crippen LogP contribution in [0.4, 0.5) is 4.39 Å². The van der Waals surface area contributed by atoms with Crippen LogP contribution in [0, 0.1) is 12.7 Å². The molecule has 0 fully saturated rings. The minimum atomic E-state index is -0.391. The van der Waals surface area contributed by atoms with Crippen LogP contribution >= 0.6 is 0 Å². The van der Waals surface area contributed by atoms with Gasteiger partial charge in [0.1, 0.15) is 11.6 Å². The van der Waals surface area contributed by atoms with Gasteiger partial charge in [-0.3, -0.25) is 0 Å². The number of nitrogens with zero attached hydrogens (tertiary/aromatic N) is 1. The molecule has 0 bridgehead atoms. The highest BCUT2D eigenvalue weighted by Crippen LogP contribution is 2.30. The molecular weight excluding hydrogens is 279 g/mol. The highest BCUT2D eigenvalue weighted by molar-refractivity contribution is 5.83. The van der Waals surface area contributed by atoms with Gasteiger partial charge in [-0.25, -0.2) is 9.37 Å². The number of hydrogen-bond donors (Lipinski definition) is 2. The van der Waals surface area contributed by atoms with E-state index in [2.05, 4.69) is 16.5 Å². The standard InChI is InChI=1S/C18H17FN2O/c1-3-4-12-7-14(15(10-22)16(19)8-12)13-5-6-17-18(9-13)21-11(2)20-17/h3,5-9,22H,1,4,10H2,2H3,(H,20,21). The Morgan fingerprint density at radius 2 is 2.14 bits per heavy atom. The number of fused-ring (bicyclic) bond motifs is 1. The summed E-state index contributed by atoms with van der Waals surface area (Å²) < 4.78 is 14.2. The SMILES string of the molecule is C=CCc1cc(F)c(CO)c(-c2ccc3nc(C)[nH]c3c2)c1. The second-order valence-electron chi connectivity index (χ2n) is 5.31. The third kappa shape index (κ3) is 2.53. The van der Waals surface area contributed by atoms with Gasteiger partial charge in [0.2, 0.25) is 0 Å². The van der Waals surface area contributed by atoms with E-state index in [0.29, 0.717) is 17.5 Å². The number of imidazole rings is 1. The fraction of sp³-hybridized carbons (Fsp3) is 0.167. The van der Waals surface area contributed by atoms with Gasteiger partial charge in [0.05, 0.1) is 17.6 Å². The number of halogens is 1. The summed E-state index contributed by atoms with van der Waals surface area (Å²) in [5, 5.41) is 9.52. The average Bonchev–Trinajstić information content (AvgIpc) is 2.86. The zero-order valence-electron chi connectivity index (χ0n) is 12.4. The zero-order valence-corrected chi connectivity index (χ0v) is 12.4. The molecule has 2 N–H and O–H groups in total. The molecule has 1 heterocycles. The smallest absolute Gasteiger partial charge is 0.129 e. The van der Waals surface area contributed by atoms with Crippen LogP contribution in [-0.2, 0) is 13.0 Å². The number of nitrogens with one attached hydrogen (secondary N) is 1. The summed E-state index contributed by atoms with van der Waals surface area (Å²) in [6.45, 7) is 5.24. The van der Waals surface area contributed by atoms with E-state index in [0.717, 1.165) is 28.0 Å². The van der Waals surface area contributed by atoms with Gasteiger partial charge in [0.25, 0.3) is 0 Å². The molecule has 112 valence electrons. The van der Waals surface area contributed by atoms with E-state index in [1.54, 1.807) is 6.08 Å². The fourth-order valence-corrected chi connectivity index (χ4v) is 2.70. The fourth-order valence-electron chi connectivity index (χ4n) is 2.70. The van der Waals surface area contributed by atoms with Crippen LogP contribution in [0.15, 0.2) is 43.0 Å². The van der Waals surface area contributed by atoms with E-state index >= 15 is 0 Å². The van der Waals surface area contributed by atoms with Crippen LogP contribution in [0.25, 0.3) is 22.2 Å². The molecule has 4 heteroatoms. The van der Waals surface area contributed by atoms with Crippen molar-refractivity contribution >= 4 is 11.0 Å². The molecule has 0 aliphatic heterocycles. The quantitative estimate of drug-likeness (QED) is 0.717. The minimum Gasteiger partial charge on any atom is -0.392 e.